The van der Waals surface area contributed by atoms with Crippen molar-refractivity contribution >= 4 is 0 Å². The van der Waals surface area contributed by atoms with Gasteiger partial charge < -0.3 is 4.52 Å². The lowest BCUT2D eigenvalue weighted by Crippen LogP contribution is -2.32. The van der Waals surface area contributed by atoms with Gasteiger partial charge in [-0.05, 0) is 26.3 Å². The average Bonchev–Trinajstić information content (AvgIpc) is 3.32. The quantitative estimate of drug-likeness (QED) is 0.717. The Kier molecular flexibility index (Phi) is 4.08. The number of aromatic nitrogens is 5. The van der Waals surface area contributed by atoms with Gasteiger partial charge in [0.05, 0.1) is 13.1 Å². The number of benzene rings is 1. The van der Waals surface area contributed by atoms with Crippen molar-refractivity contribution in [1.82, 2.24) is 29.8 Å². The molecular formula is C17H20N6O. The first-order valence-electron chi connectivity index (χ1n) is 8.24. The summed E-state index contributed by atoms with van der Waals surface area (Å²) in [5.41, 5.74) is 2.20. The van der Waals surface area contributed by atoms with E-state index < -0.39 is 0 Å². The Balaban J connectivity index is 1.44. The molecule has 1 unspecified atom stereocenters. The molecule has 3 heterocycles. The Morgan fingerprint density at radius 2 is 2.12 bits per heavy atom. The zero-order valence-corrected chi connectivity index (χ0v) is 13.7. The van der Waals surface area contributed by atoms with Gasteiger partial charge in [-0.2, -0.15) is 10.1 Å². The van der Waals surface area contributed by atoms with Crippen LogP contribution in [0, 0.1) is 6.92 Å². The van der Waals surface area contributed by atoms with Gasteiger partial charge in [0.2, 0.25) is 11.7 Å². The lowest BCUT2D eigenvalue weighted by atomic mass is 10.1. The Hall–Kier alpha value is -2.54. The van der Waals surface area contributed by atoms with Crippen LogP contribution in [0.5, 0.6) is 0 Å². The van der Waals surface area contributed by atoms with Crippen molar-refractivity contribution in [3.8, 4) is 11.4 Å². The molecule has 1 saturated heterocycles. The van der Waals surface area contributed by atoms with E-state index in [1.165, 1.54) is 12.0 Å². The fraction of sp³-hybridized carbons (Fsp3) is 0.412. The first kappa shape index (κ1) is 15.0. The van der Waals surface area contributed by atoms with E-state index in [1.54, 1.807) is 12.7 Å². The first-order valence-corrected chi connectivity index (χ1v) is 8.24. The zero-order chi connectivity index (χ0) is 16.4. The summed E-state index contributed by atoms with van der Waals surface area (Å²) in [5.74, 6) is 1.31. The standard InChI is InChI=1S/C17H20N6O/c1-13-4-6-14(7-5-13)17-20-16(24-21-17)10-22-8-2-3-15(22)9-23-12-18-11-19-23/h4-7,11-12,15H,2-3,8-10H2,1H3. The molecule has 24 heavy (non-hydrogen) atoms. The Bertz CT molecular complexity index is 780. The summed E-state index contributed by atoms with van der Waals surface area (Å²) in [4.78, 5) is 10.9. The molecule has 124 valence electrons. The van der Waals surface area contributed by atoms with Crippen LogP contribution < -0.4 is 0 Å². The molecule has 2 aromatic heterocycles. The molecule has 3 aromatic rings. The third-order valence-corrected chi connectivity index (χ3v) is 4.48. The van der Waals surface area contributed by atoms with E-state index in [-0.39, 0.29) is 0 Å². The molecule has 4 rings (SSSR count). The molecule has 1 aliphatic rings. The molecule has 0 aliphatic carbocycles. The van der Waals surface area contributed by atoms with Crippen molar-refractivity contribution in [2.75, 3.05) is 6.54 Å². The highest BCUT2D eigenvalue weighted by molar-refractivity contribution is 5.54. The largest absolute Gasteiger partial charge is 0.338 e. The molecule has 1 aromatic carbocycles. The van der Waals surface area contributed by atoms with Gasteiger partial charge in [-0.3, -0.25) is 9.58 Å². The van der Waals surface area contributed by atoms with Gasteiger partial charge in [-0.1, -0.05) is 35.0 Å². The van der Waals surface area contributed by atoms with Crippen LogP contribution in [0.2, 0.25) is 0 Å². The molecule has 1 fully saturated rings. The Labute approximate surface area is 140 Å². The summed E-state index contributed by atoms with van der Waals surface area (Å²) in [5, 5.41) is 8.32. The summed E-state index contributed by atoms with van der Waals surface area (Å²) in [6.45, 7) is 4.63. The summed E-state index contributed by atoms with van der Waals surface area (Å²) in [6, 6.07) is 8.59. The second-order valence-electron chi connectivity index (χ2n) is 6.26. The molecule has 0 amide bonds. The summed E-state index contributed by atoms with van der Waals surface area (Å²) < 4.78 is 7.34. The second-order valence-corrected chi connectivity index (χ2v) is 6.26. The monoisotopic (exact) mass is 324 g/mol. The van der Waals surface area contributed by atoms with Gasteiger partial charge in [-0.25, -0.2) is 4.98 Å². The highest BCUT2D eigenvalue weighted by atomic mass is 16.5. The maximum Gasteiger partial charge on any atom is 0.241 e. The minimum Gasteiger partial charge on any atom is -0.338 e. The molecule has 7 nitrogen and oxygen atoms in total. The molecular weight excluding hydrogens is 304 g/mol. The van der Waals surface area contributed by atoms with Crippen LogP contribution in [-0.2, 0) is 13.1 Å². The number of nitrogens with zero attached hydrogens (tertiary/aromatic N) is 6. The van der Waals surface area contributed by atoms with Crippen molar-refractivity contribution in [2.45, 2.75) is 38.9 Å². The van der Waals surface area contributed by atoms with Gasteiger partial charge >= 0.3 is 0 Å². The molecule has 1 atom stereocenters. The minimum atomic E-state index is 0.432. The molecule has 0 bridgehead atoms. The van der Waals surface area contributed by atoms with E-state index in [1.807, 2.05) is 16.8 Å². The maximum atomic E-state index is 5.46. The van der Waals surface area contributed by atoms with Crippen molar-refractivity contribution in [3.63, 3.8) is 0 Å². The molecule has 0 saturated carbocycles. The van der Waals surface area contributed by atoms with E-state index in [0.717, 1.165) is 25.1 Å². The number of likely N-dealkylation sites (tertiary alicyclic amines) is 1. The average molecular weight is 324 g/mol. The van der Waals surface area contributed by atoms with Crippen molar-refractivity contribution in [3.05, 3.63) is 48.4 Å². The predicted octanol–water partition coefficient (Wildman–Crippen LogP) is 2.30. The number of hydrogen-bond acceptors (Lipinski definition) is 6. The van der Waals surface area contributed by atoms with Crippen LogP contribution in [-0.4, -0.2) is 42.4 Å². The molecule has 1 aliphatic heterocycles. The highest BCUT2D eigenvalue weighted by Gasteiger charge is 2.26. The van der Waals surface area contributed by atoms with Crippen molar-refractivity contribution in [1.29, 1.82) is 0 Å². The third-order valence-electron chi connectivity index (χ3n) is 4.48. The van der Waals surface area contributed by atoms with Crippen LogP contribution in [0.1, 0.15) is 24.3 Å². The van der Waals surface area contributed by atoms with Crippen LogP contribution in [0.4, 0.5) is 0 Å². The van der Waals surface area contributed by atoms with Gasteiger partial charge in [0, 0.05) is 11.6 Å². The van der Waals surface area contributed by atoms with Crippen molar-refractivity contribution < 1.29 is 4.52 Å². The van der Waals surface area contributed by atoms with Gasteiger partial charge in [0.1, 0.15) is 12.7 Å². The summed E-state index contributed by atoms with van der Waals surface area (Å²) >= 11 is 0. The first-order chi connectivity index (χ1) is 11.8. The Morgan fingerprint density at radius 1 is 1.25 bits per heavy atom. The molecule has 7 heteroatoms. The smallest absolute Gasteiger partial charge is 0.241 e. The summed E-state index contributed by atoms with van der Waals surface area (Å²) in [7, 11) is 0. The van der Waals surface area contributed by atoms with Crippen LogP contribution in [0.15, 0.2) is 41.4 Å². The second kappa shape index (κ2) is 6.52. The minimum absolute atomic E-state index is 0.432. The number of aryl methyl sites for hydroxylation is 1. The van der Waals surface area contributed by atoms with Gasteiger partial charge in [0.15, 0.2) is 0 Å². The van der Waals surface area contributed by atoms with E-state index in [4.69, 9.17) is 4.52 Å². The fourth-order valence-electron chi connectivity index (χ4n) is 3.17. The van der Waals surface area contributed by atoms with Crippen molar-refractivity contribution in [2.24, 2.45) is 0 Å². The van der Waals surface area contributed by atoms with Gasteiger partial charge in [0.25, 0.3) is 0 Å². The molecule has 0 radical (unpaired) electrons. The maximum absolute atomic E-state index is 5.46. The third kappa shape index (κ3) is 3.21. The van der Waals surface area contributed by atoms with Crippen LogP contribution in [0.25, 0.3) is 11.4 Å². The zero-order valence-electron chi connectivity index (χ0n) is 13.7. The molecule has 0 spiro atoms. The topological polar surface area (TPSA) is 72.9 Å². The van der Waals surface area contributed by atoms with Gasteiger partial charge in [-0.15, -0.1) is 0 Å². The highest BCUT2D eigenvalue weighted by Crippen LogP contribution is 2.22. The lowest BCUT2D eigenvalue weighted by Gasteiger charge is -2.22. The van der Waals surface area contributed by atoms with E-state index in [0.29, 0.717) is 24.3 Å². The van der Waals surface area contributed by atoms with E-state index >= 15 is 0 Å². The summed E-state index contributed by atoms with van der Waals surface area (Å²) in [6.07, 6.45) is 5.67. The predicted molar refractivity (Wildman–Crippen MR) is 87.9 cm³/mol. The SMILES string of the molecule is Cc1ccc(-c2noc(CN3CCCC3Cn3cncn3)n2)cc1. The van der Waals surface area contributed by atoms with E-state index in [2.05, 4.69) is 44.2 Å². The molecule has 0 N–H and O–H groups in total. The fourth-order valence-corrected chi connectivity index (χ4v) is 3.17. The van der Waals surface area contributed by atoms with E-state index in [9.17, 15) is 0 Å². The normalized spacial score (nSPS) is 18.3. The number of rotatable bonds is 5. The lowest BCUT2D eigenvalue weighted by molar-refractivity contribution is 0.192. The van der Waals surface area contributed by atoms with Crippen LogP contribution in [0.3, 0.4) is 0 Å². The Morgan fingerprint density at radius 3 is 2.92 bits per heavy atom. The number of hydrogen-bond donors (Lipinski definition) is 0. The van der Waals surface area contributed by atoms with Crippen LogP contribution >= 0.6 is 0 Å².